The van der Waals surface area contributed by atoms with Crippen LogP contribution in [-0.4, -0.2) is 66.3 Å². The highest BCUT2D eigenvalue weighted by Crippen LogP contribution is 2.31. The van der Waals surface area contributed by atoms with Gasteiger partial charge in [-0.25, -0.2) is 24.4 Å². The quantitative estimate of drug-likeness (QED) is 0.216. The number of carbonyl (C=O) groups is 2. The van der Waals surface area contributed by atoms with Gasteiger partial charge < -0.3 is 15.0 Å². The SMILES string of the molecule is CCOC(=O)N1CCC(n2ncc3c(NC(=O)c4ccc([N+](=O)[O-])s4)nc(-c4ccc(F)nc4)nc32)CC1. The van der Waals surface area contributed by atoms with Crippen LogP contribution in [0.25, 0.3) is 22.4 Å². The Morgan fingerprint density at radius 3 is 2.66 bits per heavy atom. The number of halogens is 1. The first kappa shape index (κ1) is 25.1. The zero-order chi connectivity index (χ0) is 26.8. The lowest BCUT2D eigenvalue weighted by molar-refractivity contribution is -0.380. The van der Waals surface area contributed by atoms with E-state index in [2.05, 4.69) is 25.4 Å². The number of anilines is 1. The van der Waals surface area contributed by atoms with Crippen LogP contribution in [0.15, 0.2) is 36.7 Å². The van der Waals surface area contributed by atoms with Gasteiger partial charge in [-0.1, -0.05) is 11.3 Å². The fourth-order valence-electron chi connectivity index (χ4n) is 4.15. The van der Waals surface area contributed by atoms with Gasteiger partial charge in [-0.15, -0.1) is 0 Å². The van der Waals surface area contributed by atoms with Gasteiger partial charge in [0.2, 0.25) is 5.95 Å². The van der Waals surface area contributed by atoms with Crippen molar-refractivity contribution in [3.63, 3.8) is 0 Å². The second-order valence-corrected chi connectivity index (χ2v) is 9.42. The van der Waals surface area contributed by atoms with Crippen LogP contribution in [0.2, 0.25) is 0 Å². The summed E-state index contributed by atoms with van der Waals surface area (Å²) in [5, 5.41) is 18.5. The van der Waals surface area contributed by atoms with Crippen LogP contribution in [0, 0.1) is 16.1 Å². The number of nitro groups is 1. The maximum Gasteiger partial charge on any atom is 0.409 e. The molecule has 0 spiro atoms. The maximum absolute atomic E-state index is 13.4. The van der Waals surface area contributed by atoms with E-state index < -0.39 is 16.8 Å². The fraction of sp³-hybridized carbons (Fsp3) is 0.304. The second-order valence-electron chi connectivity index (χ2n) is 8.36. The molecule has 196 valence electrons. The third-order valence-corrected chi connectivity index (χ3v) is 7.04. The van der Waals surface area contributed by atoms with E-state index in [-0.39, 0.29) is 33.7 Å². The third-order valence-electron chi connectivity index (χ3n) is 6.00. The number of nitrogens with zero attached hydrogens (tertiary/aromatic N) is 7. The highest BCUT2D eigenvalue weighted by atomic mass is 32.1. The van der Waals surface area contributed by atoms with Crippen molar-refractivity contribution >= 4 is 45.2 Å². The molecule has 0 radical (unpaired) electrons. The number of ether oxygens (including phenoxy) is 1. The van der Waals surface area contributed by atoms with Crippen molar-refractivity contribution in [2.75, 3.05) is 25.0 Å². The number of pyridine rings is 1. The Balaban J connectivity index is 1.49. The van der Waals surface area contributed by atoms with Gasteiger partial charge in [-0.3, -0.25) is 14.9 Å². The molecule has 15 heteroatoms. The van der Waals surface area contributed by atoms with Gasteiger partial charge in [0.15, 0.2) is 11.5 Å². The molecule has 1 fully saturated rings. The first-order valence-electron chi connectivity index (χ1n) is 11.7. The van der Waals surface area contributed by atoms with E-state index in [1.807, 2.05) is 0 Å². The summed E-state index contributed by atoms with van der Waals surface area (Å²) in [5.74, 6) is -0.920. The molecule has 1 saturated heterocycles. The first-order chi connectivity index (χ1) is 18.3. The lowest BCUT2D eigenvalue weighted by atomic mass is 10.1. The van der Waals surface area contributed by atoms with Crippen molar-refractivity contribution in [3.05, 3.63) is 57.6 Å². The average molecular weight is 541 g/mol. The van der Waals surface area contributed by atoms with Crippen LogP contribution < -0.4 is 5.32 Å². The molecule has 4 aromatic heterocycles. The van der Waals surface area contributed by atoms with Crippen molar-refractivity contribution in [1.29, 1.82) is 0 Å². The number of amides is 2. The van der Waals surface area contributed by atoms with Crippen molar-refractivity contribution in [3.8, 4) is 11.4 Å². The van der Waals surface area contributed by atoms with Gasteiger partial charge >= 0.3 is 11.1 Å². The van der Waals surface area contributed by atoms with E-state index >= 15 is 0 Å². The van der Waals surface area contributed by atoms with Gasteiger partial charge in [-0.05, 0) is 38.0 Å². The number of piperidine rings is 1. The summed E-state index contributed by atoms with van der Waals surface area (Å²) in [6.07, 6.45) is 3.67. The van der Waals surface area contributed by atoms with Crippen molar-refractivity contribution in [2.45, 2.75) is 25.8 Å². The van der Waals surface area contributed by atoms with Crippen molar-refractivity contribution in [2.24, 2.45) is 0 Å². The zero-order valence-electron chi connectivity index (χ0n) is 20.0. The summed E-state index contributed by atoms with van der Waals surface area (Å²) in [6, 6.07) is 5.17. The van der Waals surface area contributed by atoms with E-state index in [0.717, 1.165) is 11.3 Å². The molecule has 38 heavy (non-hydrogen) atoms. The Bertz CT molecular complexity index is 1510. The van der Waals surface area contributed by atoms with E-state index in [0.29, 0.717) is 49.1 Å². The molecule has 2 amide bonds. The Morgan fingerprint density at radius 1 is 1.21 bits per heavy atom. The van der Waals surface area contributed by atoms with Crippen LogP contribution in [0.1, 0.15) is 35.5 Å². The van der Waals surface area contributed by atoms with Crippen LogP contribution in [0.3, 0.4) is 0 Å². The van der Waals surface area contributed by atoms with Crippen LogP contribution in [0.5, 0.6) is 0 Å². The van der Waals surface area contributed by atoms with E-state index in [1.165, 1.54) is 36.7 Å². The number of hydrogen-bond donors (Lipinski definition) is 1. The molecule has 1 aliphatic rings. The lowest BCUT2D eigenvalue weighted by Gasteiger charge is -2.31. The number of thiophene rings is 1. The minimum Gasteiger partial charge on any atom is -0.450 e. The molecule has 0 unspecified atom stereocenters. The molecule has 0 aromatic carbocycles. The number of fused-ring (bicyclic) bond motifs is 1. The summed E-state index contributed by atoms with van der Waals surface area (Å²) >= 11 is 0.740. The molecule has 0 saturated carbocycles. The summed E-state index contributed by atoms with van der Waals surface area (Å²) < 4.78 is 20.3. The molecule has 5 rings (SSSR count). The number of carbonyl (C=O) groups excluding carboxylic acids is 2. The minimum atomic E-state index is -0.666. The smallest absolute Gasteiger partial charge is 0.409 e. The topological polar surface area (TPSA) is 158 Å². The van der Waals surface area contributed by atoms with Crippen LogP contribution >= 0.6 is 11.3 Å². The molecule has 13 nitrogen and oxygen atoms in total. The van der Waals surface area contributed by atoms with E-state index in [1.54, 1.807) is 16.5 Å². The van der Waals surface area contributed by atoms with E-state index in [4.69, 9.17) is 4.74 Å². The minimum absolute atomic E-state index is 0.0873. The fourth-order valence-corrected chi connectivity index (χ4v) is 4.87. The molecular formula is C23H21FN8O5S. The van der Waals surface area contributed by atoms with Gasteiger partial charge in [0, 0.05) is 30.9 Å². The summed E-state index contributed by atoms with van der Waals surface area (Å²) in [6.45, 7) is 3.01. The predicted octanol–water partition coefficient (Wildman–Crippen LogP) is 4.04. The molecule has 0 aliphatic carbocycles. The summed E-state index contributed by atoms with van der Waals surface area (Å²) in [7, 11) is 0. The number of aromatic nitrogens is 5. The Hall–Kier alpha value is -4.53. The van der Waals surface area contributed by atoms with Gasteiger partial charge in [0.25, 0.3) is 5.91 Å². The van der Waals surface area contributed by atoms with Crippen LogP contribution in [-0.2, 0) is 4.74 Å². The number of nitrogens with one attached hydrogen (secondary N) is 1. The monoisotopic (exact) mass is 540 g/mol. The zero-order valence-corrected chi connectivity index (χ0v) is 20.9. The highest BCUT2D eigenvalue weighted by molar-refractivity contribution is 7.17. The Kier molecular flexibility index (Phi) is 6.91. The lowest BCUT2D eigenvalue weighted by Crippen LogP contribution is -2.39. The summed E-state index contributed by atoms with van der Waals surface area (Å²) in [5.41, 5.74) is 0.849. The van der Waals surface area contributed by atoms with Crippen molar-refractivity contribution in [1.82, 2.24) is 29.6 Å². The molecule has 0 bridgehead atoms. The molecule has 4 aromatic rings. The van der Waals surface area contributed by atoms with Gasteiger partial charge in [0.1, 0.15) is 5.82 Å². The molecule has 5 heterocycles. The molecular weight excluding hydrogens is 519 g/mol. The number of rotatable bonds is 6. The predicted molar refractivity (Wildman–Crippen MR) is 134 cm³/mol. The Labute approximate surface area is 218 Å². The van der Waals surface area contributed by atoms with Gasteiger partial charge in [0.05, 0.1) is 34.0 Å². The number of likely N-dealkylation sites (tertiary alicyclic amines) is 1. The second kappa shape index (κ2) is 10.5. The normalized spacial score (nSPS) is 14.0. The maximum atomic E-state index is 13.4. The molecule has 0 atom stereocenters. The highest BCUT2D eigenvalue weighted by Gasteiger charge is 2.28. The molecule has 1 aliphatic heterocycles. The Morgan fingerprint density at radius 2 is 2.00 bits per heavy atom. The van der Waals surface area contributed by atoms with Crippen molar-refractivity contribution < 1.29 is 23.6 Å². The summed E-state index contributed by atoms with van der Waals surface area (Å²) in [4.78, 5) is 50.0. The number of hydrogen-bond acceptors (Lipinski definition) is 10. The third kappa shape index (κ3) is 5.00. The average Bonchev–Trinajstić information content (AvgIpc) is 3.58. The molecule has 1 N–H and O–H groups in total. The largest absolute Gasteiger partial charge is 0.450 e. The first-order valence-corrected chi connectivity index (χ1v) is 12.5. The standard InChI is InChI=1S/C23H21FN8O5S/c1-2-37-23(34)30-9-7-14(8-10-30)31-21-15(12-26-31)20(27-19(28-21)13-3-5-17(24)25-11-13)29-22(33)16-4-6-18(38-16)32(35)36/h3-6,11-12,14H,2,7-10H2,1H3,(H,27,28,29,33). The van der Waals surface area contributed by atoms with E-state index in [9.17, 15) is 24.1 Å². The van der Waals surface area contributed by atoms with Crippen LogP contribution in [0.4, 0.5) is 20.0 Å². The van der Waals surface area contributed by atoms with Gasteiger partial charge in [-0.2, -0.15) is 9.49 Å².